The molecule has 0 aromatic carbocycles. The summed E-state index contributed by atoms with van der Waals surface area (Å²) in [7, 11) is -4.61. The van der Waals surface area contributed by atoms with Crippen molar-refractivity contribution in [2.45, 2.75) is 219 Å². The molecular formula is C34H71NaO5S. The van der Waals surface area contributed by atoms with Crippen molar-refractivity contribution in [3.63, 3.8) is 0 Å². The van der Waals surface area contributed by atoms with Crippen molar-refractivity contribution >= 4 is 10.4 Å². The molecule has 0 saturated carbocycles. The summed E-state index contributed by atoms with van der Waals surface area (Å²) in [6.07, 6.45) is 38.9. The molecule has 0 aliphatic heterocycles. The molecule has 2 N–H and O–H groups in total. The summed E-state index contributed by atoms with van der Waals surface area (Å²) >= 11 is 0. The predicted molar refractivity (Wildman–Crippen MR) is 173 cm³/mol. The Hall–Kier alpha value is 0.830. The Kier molecular flexibility index (Phi) is 41.8. The maximum absolute atomic E-state index is 11.2. The van der Waals surface area contributed by atoms with Gasteiger partial charge in [-0.15, -0.1) is 0 Å². The molecule has 244 valence electrons. The molecule has 0 aromatic heterocycles. The van der Waals surface area contributed by atoms with Crippen LogP contribution in [0.1, 0.15) is 213 Å². The Balaban J connectivity index is -0.00000722. The van der Waals surface area contributed by atoms with Crippen molar-refractivity contribution in [2.75, 3.05) is 0 Å². The van der Waals surface area contributed by atoms with Crippen molar-refractivity contribution in [2.24, 2.45) is 0 Å². The number of rotatable bonds is 33. The minimum Gasteiger partial charge on any atom is -0.726 e. The molecule has 41 heavy (non-hydrogen) atoms. The summed E-state index contributed by atoms with van der Waals surface area (Å²) < 4.78 is 38.4. The van der Waals surface area contributed by atoms with E-state index in [1.165, 1.54) is 161 Å². The van der Waals surface area contributed by atoms with Gasteiger partial charge in [0.1, 0.15) is 0 Å². The van der Waals surface area contributed by atoms with Crippen molar-refractivity contribution < 1.29 is 52.2 Å². The molecule has 0 aromatic rings. The molecule has 1 atom stereocenters. The van der Waals surface area contributed by atoms with Gasteiger partial charge < -0.3 is 10.0 Å². The third kappa shape index (κ3) is 40.8. The van der Waals surface area contributed by atoms with Crippen molar-refractivity contribution in [3.8, 4) is 0 Å². The third-order valence-corrected chi connectivity index (χ3v) is 8.77. The van der Waals surface area contributed by atoms with Gasteiger partial charge in [-0.3, -0.25) is 4.18 Å². The van der Waals surface area contributed by atoms with E-state index in [1.54, 1.807) is 0 Å². The summed E-state index contributed by atoms with van der Waals surface area (Å²) in [6, 6.07) is 0. The molecular weight excluding hydrogens is 543 g/mol. The molecule has 0 spiro atoms. The Labute approximate surface area is 280 Å². The second-order valence-electron chi connectivity index (χ2n) is 12.2. The van der Waals surface area contributed by atoms with E-state index in [9.17, 15) is 13.0 Å². The van der Waals surface area contributed by atoms with Gasteiger partial charge in [-0.1, -0.05) is 200 Å². The van der Waals surface area contributed by atoms with Crippen molar-refractivity contribution in [3.05, 3.63) is 0 Å². The zero-order valence-corrected chi connectivity index (χ0v) is 30.9. The number of unbranched alkanes of at least 4 members (excludes halogenated alkanes) is 27. The minimum atomic E-state index is -4.61. The summed E-state index contributed by atoms with van der Waals surface area (Å²) in [5.74, 6) is 0. The minimum absolute atomic E-state index is 0. The van der Waals surface area contributed by atoms with Crippen LogP contribution in [0, 0.1) is 0 Å². The van der Waals surface area contributed by atoms with Crippen LogP contribution in [-0.2, 0) is 14.6 Å². The van der Waals surface area contributed by atoms with Crippen LogP contribution in [-0.4, -0.2) is 24.6 Å². The normalized spacial score (nSPS) is 12.2. The molecule has 5 nitrogen and oxygen atoms in total. The van der Waals surface area contributed by atoms with Crippen LogP contribution in [0.2, 0.25) is 0 Å². The summed E-state index contributed by atoms with van der Waals surface area (Å²) in [5, 5.41) is 0. The summed E-state index contributed by atoms with van der Waals surface area (Å²) in [4.78, 5) is 0. The van der Waals surface area contributed by atoms with E-state index in [1.807, 2.05) is 0 Å². The second-order valence-corrected chi connectivity index (χ2v) is 13.3. The van der Waals surface area contributed by atoms with Crippen LogP contribution < -0.4 is 29.6 Å². The predicted octanol–water partition coefficient (Wildman–Crippen LogP) is 8.14. The third-order valence-electron chi connectivity index (χ3n) is 8.26. The van der Waals surface area contributed by atoms with Crippen molar-refractivity contribution in [1.29, 1.82) is 0 Å². The second kappa shape index (κ2) is 37.0. The van der Waals surface area contributed by atoms with E-state index in [2.05, 4.69) is 13.8 Å². The van der Waals surface area contributed by atoms with E-state index < -0.39 is 16.5 Å². The Morgan fingerprint density at radius 3 is 0.829 bits per heavy atom. The summed E-state index contributed by atoms with van der Waals surface area (Å²) in [6.45, 7) is 4.54. The SMILES string of the molecule is CCCCCCCCCCCCCCCCCC(CCCCCCCCCCCCCCCC)OS(=O)(=O)[O-].O.[Na+]. The largest absolute Gasteiger partial charge is 1.00 e. The molecule has 0 aliphatic rings. The Morgan fingerprint density at radius 1 is 0.439 bits per heavy atom. The maximum atomic E-state index is 11.2. The first kappa shape index (κ1) is 46.3. The molecule has 0 rings (SSSR count). The van der Waals surface area contributed by atoms with Gasteiger partial charge in [-0.25, -0.2) is 8.42 Å². The van der Waals surface area contributed by atoms with Crippen molar-refractivity contribution in [1.82, 2.24) is 0 Å². The number of hydrogen-bond donors (Lipinski definition) is 0. The average Bonchev–Trinajstić information content (AvgIpc) is 2.90. The first-order valence-electron chi connectivity index (χ1n) is 17.6. The van der Waals surface area contributed by atoms with Crippen LogP contribution in [0.3, 0.4) is 0 Å². The van der Waals surface area contributed by atoms with E-state index in [4.69, 9.17) is 4.18 Å². The van der Waals surface area contributed by atoms with E-state index in [0.29, 0.717) is 12.8 Å². The zero-order chi connectivity index (χ0) is 28.7. The van der Waals surface area contributed by atoms with Crippen LogP contribution in [0.25, 0.3) is 0 Å². The molecule has 0 radical (unpaired) electrons. The van der Waals surface area contributed by atoms with Crippen LogP contribution >= 0.6 is 0 Å². The smallest absolute Gasteiger partial charge is 0.726 e. The van der Waals surface area contributed by atoms with Gasteiger partial charge in [-0.2, -0.15) is 0 Å². The molecule has 0 fully saturated rings. The Bertz CT molecular complexity index is 573. The first-order chi connectivity index (χ1) is 19.0. The van der Waals surface area contributed by atoms with E-state index >= 15 is 0 Å². The van der Waals surface area contributed by atoms with Gasteiger partial charge in [0.2, 0.25) is 10.4 Å². The fraction of sp³-hybridized carbons (Fsp3) is 1.00. The topological polar surface area (TPSA) is 97.9 Å². The van der Waals surface area contributed by atoms with E-state index in [0.717, 1.165) is 25.7 Å². The molecule has 0 bridgehead atoms. The van der Waals surface area contributed by atoms with Gasteiger partial charge >= 0.3 is 29.6 Å². The molecule has 0 aliphatic carbocycles. The first-order valence-corrected chi connectivity index (χ1v) is 19.0. The zero-order valence-electron chi connectivity index (χ0n) is 28.0. The quantitative estimate of drug-likeness (QED) is 0.0322. The van der Waals surface area contributed by atoms with Gasteiger partial charge in [0.25, 0.3) is 0 Å². The maximum Gasteiger partial charge on any atom is 1.00 e. The Morgan fingerprint density at radius 2 is 0.634 bits per heavy atom. The fourth-order valence-electron chi connectivity index (χ4n) is 5.72. The van der Waals surface area contributed by atoms with Gasteiger partial charge in [0.15, 0.2) is 0 Å². The molecule has 7 heteroatoms. The standard InChI is InChI=1S/C34H70O4S.Na.H2O/c1-3-5-7-9-11-13-15-17-19-21-23-25-27-29-31-33-34(38-39(35,36)37)32-30-28-26-24-22-20-18-16-14-12-10-8-6-4-2;;/h34H,3-33H2,1-2H3,(H,35,36,37);;1H2/q;+1;/p-1. The van der Waals surface area contributed by atoms with Crippen LogP contribution in [0.15, 0.2) is 0 Å². The van der Waals surface area contributed by atoms with Gasteiger partial charge in [0.05, 0.1) is 6.10 Å². The van der Waals surface area contributed by atoms with Crippen LogP contribution in [0.4, 0.5) is 0 Å². The molecule has 0 heterocycles. The van der Waals surface area contributed by atoms with Gasteiger partial charge in [-0.05, 0) is 12.8 Å². The molecule has 1 unspecified atom stereocenters. The number of hydrogen-bond acceptors (Lipinski definition) is 4. The molecule has 0 amide bonds. The van der Waals surface area contributed by atoms with Gasteiger partial charge in [0, 0.05) is 0 Å². The summed E-state index contributed by atoms with van der Waals surface area (Å²) in [5.41, 5.74) is 0. The van der Waals surface area contributed by atoms with E-state index in [-0.39, 0.29) is 35.0 Å². The molecule has 0 saturated heterocycles. The fourth-order valence-corrected chi connectivity index (χ4v) is 6.24. The van der Waals surface area contributed by atoms with Crippen LogP contribution in [0.5, 0.6) is 0 Å². The monoisotopic (exact) mass is 614 g/mol. The average molecular weight is 615 g/mol.